The maximum absolute atomic E-state index is 11.6. The highest BCUT2D eigenvalue weighted by Crippen LogP contribution is 2.20. The highest BCUT2D eigenvalue weighted by atomic mass is 127. The molecule has 0 aliphatic carbocycles. The monoisotopic (exact) mass is 343 g/mol. The first-order valence-electron chi connectivity index (χ1n) is 6.26. The normalized spacial score (nSPS) is 18.3. The van der Waals surface area contributed by atoms with Gasteiger partial charge < -0.3 is 5.32 Å². The smallest absolute Gasteiger partial charge is 0.134 e. The van der Waals surface area contributed by atoms with Crippen molar-refractivity contribution in [3.63, 3.8) is 0 Å². The standard InChI is InChI=1S/C14H18INO/c15-14-6-2-4-11-3-1-5-12(17)7-9-16-10-8-13(11)14/h2,4,6,16H,1,3,5,7-10H2. The van der Waals surface area contributed by atoms with Crippen molar-refractivity contribution in [2.75, 3.05) is 13.1 Å². The van der Waals surface area contributed by atoms with E-state index in [1.807, 2.05) is 0 Å². The first-order chi connectivity index (χ1) is 8.27. The molecule has 1 aliphatic heterocycles. The summed E-state index contributed by atoms with van der Waals surface area (Å²) < 4.78 is 1.35. The highest BCUT2D eigenvalue weighted by molar-refractivity contribution is 14.1. The van der Waals surface area contributed by atoms with Gasteiger partial charge in [0.25, 0.3) is 0 Å². The summed E-state index contributed by atoms with van der Waals surface area (Å²) in [5.41, 5.74) is 2.89. The van der Waals surface area contributed by atoms with E-state index in [1.165, 1.54) is 14.7 Å². The van der Waals surface area contributed by atoms with E-state index < -0.39 is 0 Å². The summed E-state index contributed by atoms with van der Waals surface area (Å²) >= 11 is 2.41. The van der Waals surface area contributed by atoms with Gasteiger partial charge in [0.15, 0.2) is 0 Å². The van der Waals surface area contributed by atoms with Gasteiger partial charge in [0.1, 0.15) is 5.78 Å². The molecule has 0 spiro atoms. The van der Waals surface area contributed by atoms with Crippen molar-refractivity contribution < 1.29 is 4.79 Å². The number of fused-ring (bicyclic) bond motifs is 1. The lowest BCUT2D eigenvalue weighted by molar-refractivity contribution is -0.119. The van der Waals surface area contributed by atoms with Crippen LogP contribution in [0.4, 0.5) is 0 Å². The van der Waals surface area contributed by atoms with Crippen LogP contribution < -0.4 is 5.32 Å². The van der Waals surface area contributed by atoms with E-state index in [0.29, 0.717) is 12.2 Å². The third-order valence-electron chi connectivity index (χ3n) is 3.25. The minimum atomic E-state index is 0.395. The fraction of sp³-hybridized carbons (Fsp3) is 0.500. The van der Waals surface area contributed by atoms with Crippen LogP contribution >= 0.6 is 22.6 Å². The van der Waals surface area contributed by atoms with Crippen LogP contribution in [0.25, 0.3) is 0 Å². The average Bonchev–Trinajstić information content (AvgIpc) is 2.34. The Morgan fingerprint density at radius 3 is 2.76 bits per heavy atom. The summed E-state index contributed by atoms with van der Waals surface area (Å²) in [6.45, 7) is 1.80. The lowest BCUT2D eigenvalue weighted by Crippen LogP contribution is -2.21. The maximum atomic E-state index is 11.6. The predicted octanol–water partition coefficient (Wildman–Crippen LogP) is 2.72. The van der Waals surface area contributed by atoms with Crippen molar-refractivity contribution >= 4 is 28.4 Å². The van der Waals surface area contributed by atoms with Gasteiger partial charge in [0.2, 0.25) is 0 Å². The van der Waals surface area contributed by atoms with Gasteiger partial charge in [-0.3, -0.25) is 4.79 Å². The van der Waals surface area contributed by atoms with Crippen LogP contribution in [0.5, 0.6) is 0 Å². The molecule has 2 nitrogen and oxygen atoms in total. The number of ketones is 1. The Kier molecular flexibility index (Phi) is 4.98. The molecule has 0 bridgehead atoms. The SMILES string of the molecule is O=C1CCCc2cccc(I)c2CCNCC1. The summed E-state index contributed by atoms with van der Waals surface area (Å²) in [6, 6.07) is 6.50. The van der Waals surface area contributed by atoms with Crippen molar-refractivity contribution in [2.45, 2.75) is 32.1 Å². The zero-order chi connectivity index (χ0) is 12.1. The molecule has 0 unspecified atom stereocenters. The number of halogens is 1. The number of hydrogen-bond acceptors (Lipinski definition) is 2. The fourth-order valence-electron chi connectivity index (χ4n) is 2.28. The maximum Gasteiger partial charge on any atom is 0.134 e. The van der Waals surface area contributed by atoms with Crippen LogP contribution in [0, 0.1) is 3.57 Å². The minimum Gasteiger partial charge on any atom is -0.316 e. The van der Waals surface area contributed by atoms with Crippen molar-refractivity contribution in [2.24, 2.45) is 0 Å². The third-order valence-corrected chi connectivity index (χ3v) is 4.26. The van der Waals surface area contributed by atoms with E-state index in [1.54, 1.807) is 0 Å². The molecule has 0 fully saturated rings. The number of aryl methyl sites for hydroxylation is 1. The number of benzene rings is 1. The zero-order valence-corrected chi connectivity index (χ0v) is 12.1. The summed E-state index contributed by atoms with van der Waals surface area (Å²) in [5.74, 6) is 0.395. The zero-order valence-electron chi connectivity index (χ0n) is 9.97. The number of nitrogens with one attached hydrogen (secondary N) is 1. The molecule has 17 heavy (non-hydrogen) atoms. The van der Waals surface area contributed by atoms with Gasteiger partial charge in [0.05, 0.1) is 0 Å². The first kappa shape index (κ1) is 13.0. The Labute approximate surface area is 116 Å². The summed E-state index contributed by atoms with van der Waals surface area (Å²) in [5, 5.41) is 3.36. The molecule has 0 saturated heterocycles. The second kappa shape index (κ2) is 6.50. The van der Waals surface area contributed by atoms with Crippen LogP contribution in [0.2, 0.25) is 0 Å². The van der Waals surface area contributed by atoms with Crippen molar-refractivity contribution in [3.05, 3.63) is 32.9 Å². The molecule has 1 aromatic rings. The topological polar surface area (TPSA) is 29.1 Å². The van der Waals surface area contributed by atoms with E-state index in [4.69, 9.17) is 0 Å². The molecule has 1 heterocycles. The Balaban J connectivity index is 2.16. The van der Waals surface area contributed by atoms with Crippen LogP contribution in [-0.2, 0) is 17.6 Å². The molecule has 1 aromatic carbocycles. The van der Waals surface area contributed by atoms with Gasteiger partial charge in [-0.1, -0.05) is 12.1 Å². The molecular weight excluding hydrogens is 325 g/mol. The predicted molar refractivity (Wildman–Crippen MR) is 78.3 cm³/mol. The first-order valence-corrected chi connectivity index (χ1v) is 7.34. The molecule has 0 aromatic heterocycles. The van der Waals surface area contributed by atoms with E-state index in [-0.39, 0.29) is 0 Å². The third kappa shape index (κ3) is 3.78. The van der Waals surface area contributed by atoms with Gasteiger partial charge >= 0.3 is 0 Å². The van der Waals surface area contributed by atoms with Crippen molar-refractivity contribution in [1.29, 1.82) is 0 Å². The van der Waals surface area contributed by atoms with Gasteiger partial charge in [-0.25, -0.2) is 0 Å². The van der Waals surface area contributed by atoms with Gasteiger partial charge in [-0.2, -0.15) is 0 Å². The van der Waals surface area contributed by atoms with Gasteiger partial charge in [-0.15, -0.1) is 0 Å². The fourth-order valence-corrected chi connectivity index (χ4v) is 3.11. The molecule has 3 heteroatoms. The number of Topliss-reactive ketones (excluding diaryl/α,β-unsaturated/α-hetero) is 1. The van der Waals surface area contributed by atoms with Crippen molar-refractivity contribution in [3.8, 4) is 0 Å². The summed E-state index contributed by atoms with van der Waals surface area (Å²) in [7, 11) is 0. The van der Waals surface area contributed by atoms with Gasteiger partial charge in [0, 0.05) is 23.0 Å². The summed E-state index contributed by atoms with van der Waals surface area (Å²) in [6.07, 6.45) is 4.52. The molecule has 0 radical (unpaired) electrons. The van der Waals surface area contributed by atoms with Crippen LogP contribution in [0.3, 0.4) is 0 Å². The van der Waals surface area contributed by atoms with Crippen LogP contribution in [-0.4, -0.2) is 18.9 Å². The number of rotatable bonds is 0. The van der Waals surface area contributed by atoms with E-state index in [0.717, 1.165) is 38.8 Å². The molecule has 1 N–H and O–H groups in total. The van der Waals surface area contributed by atoms with Crippen molar-refractivity contribution in [1.82, 2.24) is 5.32 Å². The number of hydrogen-bond donors (Lipinski definition) is 1. The highest BCUT2D eigenvalue weighted by Gasteiger charge is 2.09. The summed E-state index contributed by atoms with van der Waals surface area (Å²) in [4.78, 5) is 11.6. The molecule has 0 saturated carbocycles. The molecule has 0 atom stereocenters. The van der Waals surface area contributed by atoms with Gasteiger partial charge in [-0.05, 0) is 65.6 Å². The average molecular weight is 343 g/mol. The Morgan fingerprint density at radius 1 is 1.06 bits per heavy atom. The second-order valence-corrected chi connectivity index (χ2v) is 5.68. The quantitative estimate of drug-likeness (QED) is 0.734. The van der Waals surface area contributed by atoms with E-state index in [9.17, 15) is 4.79 Å². The molecule has 0 amide bonds. The largest absolute Gasteiger partial charge is 0.316 e. The lowest BCUT2D eigenvalue weighted by Gasteiger charge is -2.11. The molecular formula is C14H18INO. The van der Waals surface area contributed by atoms with Crippen LogP contribution in [0.15, 0.2) is 18.2 Å². The second-order valence-electron chi connectivity index (χ2n) is 4.52. The van der Waals surface area contributed by atoms with E-state index >= 15 is 0 Å². The number of carbonyl (C=O) groups excluding carboxylic acids is 1. The van der Waals surface area contributed by atoms with E-state index in [2.05, 4.69) is 46.1 Å². The minimum absolute atomic E-state index is 0.395. The Morgan fingerprint density at radius 2 is 1.88 bits per heavy atom. The molecule has 2 rings (SSSR count). The molecule has 92 valence electrons. The Bertz CT molecular complexity index is 403. The Hall–Kier alpha value is -0.420. The van der Waals surface area contributed by atoms with Crippen LogP contribution in [0.1, 0.15) is 30.4 Å². The molecule has 1 aliphatic rings. The number of carbonyl (C=O) groups is 1. The lowest BCUT2D eigenvalue weighted by atomic mass is 9.99.